The molecule has 6 heteroatoms. The van der Waals surface area contributed by atoms with Crippen LogP contribution < -0.4 is 10.1 Å². The van der Waals surface area contributed by atoms with Crippen LogP contribution in [0.5, 0.6) is 5.75 Å². The first-order valence-corrected chi connectivity index (χ1v) is 6.20. The van der Waals surface area contributed by atoms with E-state index in [9.17, 15) is 14.4 Å². The van der Waals surface area contributed by atoms with Crippen molar-refractivity contribution in [2.75, 3.05) is 7.11 Å². The summed E-state index contributed by atoms with van der Waals surface area (Å²) in [7, 11) is 1.23. The third-order valence-electron chi connectivity index (χ3n) is 2.52. The predicted molar refractivity (Wildman–Crippen MR) is 76.3 cm³/mol. The molecule has 0 saturated carbocycles. The first kappa shape index (κ1) is 16.4. The number of esters is 2. The van der Waals surface area contributed by atoms with Crippen molar-refractivity contribution in [1.82, 2.24) is 5.32 Å². The van der Waals surface area contributed by atoms with E-state index in [2.05, 4.69) is 10.1 Å². The van der Waals surface area contributed by atoms with Crippen LogP contribution >= 0.6 is 0 Å². The van der Waals surface area contributed by atoms with Gasteiger partial charge in [-0.05, 0) is 36.3 Å². The standard InChI is InChI=1S/C15H17NO5/c1-9-7-13(21-11(3)18)6-5-12(9)8-14(15(19)20-4)16-10(2)17/h5-8H,1-4H3,(H,16,17)/b14-8+. The molecule has 0 bridgehead atoms. The first-order chi connectivity index (χ1) is 9.83. The van der Waals surface area contributed by atoms with Crippen LogP contribution in [-0.4, -0.2) is 25.0 Å². The Bertz CT molecular complexity index is 604. The van der Waals surface area contributed by atoms with Gasteiger partial charge in [0.2, 0.25) is 5.91 Å². The number of ether oxygens (including phenoxy) is 2. The molecule has 0 aliphatic carbocycles. The molecule has 1 N–H and O–H groups in total. The maximum atomic E-state index is 11.6. The van der Waals surface area contributed by atoms with Crippen LogP contribution in [0.1, 0.15) is 25.0 Å². The fraction of sp³-hybridized carbons (Fsp3) is 0.267. The summed E-state index contributed by atoms with van der Waals surface area (Å²) in [6, 6.07) is 4.94. The summed E-state index contributed by atoms with van der Waals surface area (Å²) in [5.41, 5.74) is 1.51. The number of hydrogen-bond donors (Lipinski definition) is 1. The predicted octanol–water partition coefficient (Wildman–Crippen LogP) is 1.57. The average Bonchev–Trinajstić information content (AvgIpc) is 2.38. The molecule has 6 nitrogen and oxygen atoms in total. The van der Waals surface area contributed by atoms with Crippen molar-refractivity contribution in [2.24, 2.45) is 0 Å². The molecule has 0 saturated heterocycles. The minimum atomic E-state index is -0.645. The van der Waals surface area contributed by atoms with Crippen LogP contribution in [0.2, 0.25) is 0 Å². The quantitative estimate of drug-likeness (QED) is 0.517. The number of hydrogen-bond acceptors (Lipinski definition) is 5. The lowest BCUT2D eigenvalue weighted by Crippen LogP contribution is -2.25. The molecule has 0 fully saturated rings. The number of carbonyl (C=O) groups is 3. The monoisotopic (exact) mass is 291 g/mol. The molecule has 0 aliphatic rings. The molecule has 1 rings (SSSR count). The molecule has 1 aromatic rings. The van der Waals surface area contributed by atoms with Crippen LogP contribution in [0.4, 0.5) is 0 Å². The molecule has 21 heavy (non-hydrogen) atoms. The topological polar surface area (TPSA) is 81.7 Å². The SMILES string of the molecule is COC(=O)/C(=C\c1ccc(OC(C)=O)cc1C)NC(C)=O. The Balaban J connectivity index is 3.12. The average molecular weight is 291 g/mol. The zero-order valence-corrected chi connectivity index (χ0v) is 12.4. The number of benzene rings is 1. The zero-order chi connectivity index (χ0) is 16.0. The van der Waals surface area contributed by atoms with Crippen LogP contribution in [0.25, 0.3) is 6.08 Å². The second kappa shape index (κ2) is 7.23. The maximum absolute atomic E-state index is 11.6. The highest BCUT2D eigenvalue weighted by Crippen LogP contribution is 2.19. The van der Waals surface area contributed by atoms with E-state index in [1.807, 2.05) is 0 Å². The summed E-state index contributed by atoms with van der Waals surface area (Å²) < 4.78 is 9.58. The molecule has 0 heterocycles. The minimum absolute atomic E-state index is 0.0355. The number of amides is 1. The molecular weight excluding hydrogens is 274 g/mol. The molecule has 112 valence electrons. The Morgan fingerprint density at radius 1 is 1.19 bits per heavy atom. The van der Waals surface area contributed by atoms with Crippen LogP contribution in [-0.2, 0) is 19.1 Å². The van der Waals surface area contributed by atoms with Gasteiger partial charge in [-0.3, -0.25) is 9.59 Å². The van der Waals surface area contributed by atoms with Gasteiger partial charge >= 0.3 is 11.9 Å². The zero-order valence-electron chi connectivity index (χ0n) is 12.4. The van der Waals surface area contributed by atoms with Gasteiger partial charge in [0.05, 0.1) is 7.11 Å². The smallest absolute Gasteiger partial charge is 0.354 e. The summed E-state index contributed by atoms with van der Waals surface area (Å²) in [6.07, 6.45) is 1.50. The van der Waals surface area contributed by atoms with Crippen molar-refractivity contribution in [3.8, 4) is 5.75 Å². The van der Waals surface area contributed by atoms with E-state index in [1.54, 1.807) is 25.1 Å². The lowest BCUT2D eigenvalue weighted by molar-refractivity contribution is -0.137. The third kappa shape index (κ3) is 5.10. The minimum Gasteiger partial charge on any atom is -0.464 e. The summed E-state index contributed by atoms with van der Waals surface area (Å²) >= 11 is 0. The fourth-order valence-corrected chi connectivity index (χ4v) is 1.64. The molecule has 0 aliphatic heterocycles. The van der Waals surface area contributed by atoms with E-state index >= 15 is 0 Å². The van der Waals surface area contributed by atoms with E-state index < -0.39 is 11.9 Å². The Hall–Kier alpha value is -2.63. The van der Waals surface area contributed by atoms with Crippen molar-refractivity contribution in [1.29, 1.82) is 0 Å². The second-order valence-corrected chi connectivity index (χ2v) is 4.34. The van der Waals surface area contributed by atoms with Crippen molar-refractivity contribution >= 4 is 23.9 Å². The van der Waals surface area contributed by atoms with Crippen LogP contribution in [0, 0.1) is 6.92 Å². The van der Waals surface area contributed by atoms with E-state index in [-0.39, 0.29) is 11.6 Å². The van der Waals surface area contributed by atoms with Gasteiger partial charge in [-0.1, -0.05) is 6.07 Å². The number of aryl methyl sites for hydroxylation is 1. The van der Waals surface area contributed by atoms with Crippen molar-refractivity contribution in [3.05, 3.63) is 35.0 Å². The fourth-order valence-electron chi connectivity index (χ4n) is 1.64. The number of carbonyl (C=O) groups excluding carboxylic acids is 3. The molecule has 0 aromatic heterocycles. The van der Waals surface area contributed by atoms with Gasteiger partial charge in [-0.15, -0.1) is 0 Å². The number of methoxy groups -OCH3 is 1. The van der Waals surface area contributed by atoms with Crippen LogP contribution in [0.15, 0.2) is 23.9 Å². The molecule has 1 aromatic carbocycles. The van der Waals surface area contributed by atoms with Gasteiger partial charge < -0.3 is 14.8 Å². The summed E-state index contributed by atoms with van der Waals surface area (Å²) in [5, 5.41) is 2.42. The highest BCUT2D eigenvalue weighted by atomic mass is 16.5. The summed E-state index contributed by atoms with van der Waals surface area (Å²) in [4.78, 5) is 33.6. The Morgan fingerprint density at radius 2 is 1.86 bits per heavy atom. The maximum Gasteiger partial charge on any atom is 0.354 e. The number of rotatable bonds is 4. The van der Waals surface area contributed by atoms with E-state index in [4.69, 9.17) is 4.74 Å². The third-order valence-corrected chi connectivity index (χ3v) is 2.52. The second-order valence-electron chi connectivity index (χ2n) is 4.34. The van der Waals surface area contributed by atoms with Crippen molar-refractivity contribution < 1.29 is 23.9 Å². The van der Waals surface area contributed by atoms with Gasteiger partial charge in [-0.2, -0.15) is 0 Å². The molecule has 0 unspecified atom stereocenters. The van der Waals surface area contributed by atoms with Gasteiger partial charge in [-0.25, -0.2) is 4.79 Å². The molecule has 0 radical (unpaired) electrons. The van der Waals surface area contributed by atoms with Gasteiger partial charge in [0.1, 0.15) is 11.4 Å². The van der Waals surface area contributed by atoms with Crippen molar-refractivity contribution in [3.63, 3.8) is 0 Å². The van der Waals surface area contributed by atoms with Crippen LogP contribution in [0.3, 0.4) is 0 Å². The van der Waals surface area contributed by atoms with Gasteiger partial charge in [0, 0.05) is 13.8 Å². The normalized spacial score (nSPS) is 10.8. The lowest BCUT2D eigenvalue weighted by Gasteiger charge is -2.08. The summed E-state index contributed by atoms with van der Waals surface area (Å²) in [6.45, 7) is 4.41. The molecule has 0 spiro atoms. The first-order valence-electron chi connectivity index (χ1n) is 6.20. The Labute approximate surface area is 122 Å². The van der Waals surface area contributed by atoms with Gasteiger partial charge in [0.25, 0.3) is 0 Å². The van der Waals surface area contributed by atoms with E-state index in [0.717, 1.165) is 5.56 Å². The molecule has 0 atom stereocenters. The number of nitrogens with one attached hydrogen (secondary N) is 1. The Kier molecular flexibility index (Phi) is 5.66. The molecule has 1 amide bonds. The highest BCUT2D eigenvalue weighted by Gasteiger charge is 2.12. The van der Waals surface area contributed by atoms with E-state index in [0.29, 0.717) is 11.3 Å². The summed E-state index contributed by atoms with van der Waals surface area (Å²) in [5.74, 6) is -1.02. The van der Waals surface area contributed by atoms with Gasteiger partial charge in [0.15, 0.2) is 0 Å². The Morgan fingerprint density at radius 3 is 2.33 bits per heavy atom. The highest BCUT2D eigenvalue weighted by molar-refractivity contribution is 5.97. The molecular formula is C15H17NO5. The lowest BCUT2D eigenvalue weighted by atomic mass is 10.1. The largest absolute Gasteiger partial charge is 0.464 e. The van der Waals surface area contributed by atoms with Crippen molar-refractivity contribution in [2.45, 2.75) is 20.8 Å². The van der Waals surface area contributed by atoms with E-state index in [1.165, 1.54) is 27.0 Å².